The summed E-state index contributed by atoms with van der Waals surface area (Å²) in [5.74, 6) is -2.24. The molecule has 76 valence electrons. The molecule has 0 heterocycles. The molecule has 1 N–H and O–H groups in total. The Morgan fingerprint density at radius 1 is 1.31 bits per heavy atom. The molecule has 0 bridgehead atoms. The SMILES string of the molecule is CO[C@H](C(=O)O)C(=O)OC(C)(C)C. The van der Waals surface area contributed by atoms with Crippen LogP contribution in [-0.2, 0) is 19.1 Å². The number of aliphatic carboxylic acids is 1. The summed E-state index contributed by atoms with van der Waals surface area (Å²) in [6, 6.07) is 0. The van der Waals surface area contributed by atoms with Gasteiger partial charge in [-0.05, 0) is 20.8 Å². The van der Waals surface area contributed by atoms with Gasteiger partial charge in [0.15, 0.2) is 0 Å². The van der Waals surface area contributed by atoms with Crippen LogP contribution in [-0.4, -0.2) is 35.9 Å². The highest BCUT2D eigenvalue weighted by Crippen LogP contribution is 2.09. The smallest absolute Gasteiger partial charge is 0.347 e. The summed E-state index contributed by atoms with van der Waals surface area (Å²) in [4.78, 5) is 21.5. The molecule has 0 aromatic carbocycles. The number of methoxy groups -OCH3 is 1. The van der Waals surface area contributed by atoms with Crippen LogP contribution in [0.2, 0.25) is 0 Å². The van der Waals surface area contributed by atoms with Crippen LogP contribution in [0.5, 0.6) is 0 Å². The first-order chi connectivity index (χ1) is 5.78. The number of carboxylic acid groups (broad SMARTS) is 1. The number of rotatable bonds is 3. The van der Waals surface area contributed by atoms with Crippen LogP contribution in [0.3, 0.4) is 0 Å². The topological polar surface area (TPSA) is 72.8 Å². The van der Waals surface area contributed by atoms with E-state index in [1.807, 2.05) is 0 Å². The molecule has 0 aliphatic carbocycles. The number of carbonyl (C=O) groups is 2. The lowest BCUT2D eigenvalue weighted by atomic mass is 10.2. The molecule has 0 unspecified atom stereocenters. The summed E-state index contributed by atoms with van der Waals surface area (Å²) in [6.45, 7) is 4.96. The summed E-state index contributed by atoms with van der Waals surface area (Å²) < 4.78 is 9.25. The third-order valence-electron chi connectivity index (χ3n) is 1.08. The maximum absolute atomic E-state index is 11.1. The number of hydrogen-bond donors (Lipinski definition) is 1. The number of esters is 1. The fraction of sp³-hybridized carbons (Fsp3) is 0.750. The second-order valence-corrected chi connectivity index (χ2v) is 3.49. The van der Waals surface area contributed by atoms with E-state index in [-0.39, 0.29) is 0 Å². The van der Waals surface area contributed by atoms with Gasteiger partial charge in [0.05, 0.1) is 0 Å². The first kappa shape index (κ1) is 11.9. The molecule has 5 nitrogen and oxygen atoms in total. The Hall–Kier alpha value is -1.10. The second kappa shape index (κ2) is 4.23. The van der Waals surface area contributed by atoms with E-state index in [0.29, 0.717) is 0 Å². The van der Waals surface area contributed by atoms with Gasteiger partial charge in [0.25, 0.3) is 6.10 Å². The van der Waals surface area contributed by atoms with Crippen LogP contribution in [0, 0.1) is 0 Å². The fourth-order valence-corrected chi connectivity index (χ4v) is 0.653. The number of carbonyl (C=O) groups excluding carboxylic acids is 1. The molecule has 0 saturated heterocycles. The lowest BCUT2D eigenvalue weighted by Crippen LogP contribution is -2.37. The molecule has 0 aliphatic heterocycles. The summed E-state index contributed by atoms with van der Waals surface area (Å²) in [7, 11) is 1.14. The van der Waals surface area contributed by atoms with Gasteiger partial charge in [0.2, 0.25) is 0 Å². The average Bonchev–Trinajstić information content (AvgIpc) is 1.82. The van der Waals surface area contributed by atoms with Crippen molar-refractivity contribution in [1.82, 2.24) is 0 Å². The fourth-order valence-electron chi connectivity index (χ4n) is 0.653. The first-order valence-corrected chi connectivity index (χ1v) is 3.76. The van der Waals surface area contributed by atoms with Crippen molar-refractivity contribution in [2.24, 2.45) is 0 Å². The van der Waals surface area contributed by atoms with Crippen molar-refractivity contribution >= 4 is 11.9 Å². The van der Waals surface area contributed by atoms with Crippen molar-refractivity contribution in [1.29, 1.82) is 0 Å². The second-order valence-electron chi connectivity index (χ2n) is 3.49. The zero-order valence-electron chi connectivity index (χ0n) is 8.16. The summed E-state index contributed by atoms with van der Waals surface area (Å²) in [5.41, 5.74) is -0.705. The minimum absolute atomic E-state index is 0.705. The molecule has 0 aliphatic rings. The quantitative estimate of drug-likeness (QED) is 0.516. The summed E-state index contributed by atoms with van der Waals surface area (Å²) in [6.07, 6.45) is -1.54. The molecular formula is C8H14O5. The van der Waals surface area contributed by atoms with Crippen LogP contribution in [0.25, 0.3) is 0 Å². The van der Waals surface area contributed by atoms with Crippen LogP contribution < -0.4 is 0 Å². The predicted molar refractivity (Wildman–Crippen MR) is 44.3 cm³/mol. The van der Waals surface area contributed by atoms with E-state index in [0.717, 1.165) is 7.11 Å². The van der Waals surface area contributed by atoms with Gasteiger partial charge in [-0.2, -0.15) is 0 Å². The van der Waals surface area contributed by atoms with Gasteiger partial charge in [0, 0.05) is 7.11 Å². The van der Waals surface area contributed by atoms with E-state index in [1.165, 1.54) is 0 Å². The molecule has 0 fully saturated rings. The van der Waals surface area contributed by atoms with Crippen molar-refractivity contribution in [2.45, 2.75) is 32.5 Å². The first-order valence-electron chi connectivity index (χ1n) is 3.76. The minimum atomic E-state index is -1.54. The normalized spacial score (nSPS) is 13.5. The van der Waals surface area contributed by atoms with Crippen LogP contribution >= 0.6 is 0 Å². The maximum Gasteiger partial charge on any atom is 0.347 e. The Balaban J connectivity index is 4.32. The highest BCUT2D eigenvalue weighted by molar-refractivity contribution is 5.97. The van der Waals surface area contributed by atoms with E-state index < -0.39 is 23.6 Å². The Morgan fingerprint density at radius 2 is 1.77 bits per heavy atom. The van der Waals surface area contributed by atoms with Gasteiger partial charge in [-0.1, -0.05) is 0 Å². The van der Waals surface area contributed by atoms with Gasteiger partial charge in [-0.15, -0.1) is 0 Å². The van der Waals surface area contributed by atoms with Gasteiger partial charge in [-0.25, -0.2) is 9.59 Å². The largest absolute Gasteiger partial charge is 0.479 e. The molecule has 0 rings (SSSR count). The predicted octanol–water partition coefficient (Wildman–Crippen LogP) is 0.428. The van der Waals surface area contributed by atoms with Crippen molar-refractivity contribution in [2.75, 3.05) is 7.11 Å². The Kier molecular flexibility index (Phi) is 3.87. The third-order valence-corrected chi connectivity index (χ3v) is 1.08. The summed E-state index contributed by atoms with van der Waals surface area (Å²) >= 11 is 0. The lowest BCUT2D eigenvalue weighted by Gasteiger charge is -2.21. The minimum Gasteiger partial charge on any atom is -0.479 e. The third kappa shape index (κ3) is 4.47. The number of carboxylic acids is 1. The van der Waals surface area contributed by atoms with Gasteiger partial charge >= 0.3 is 11.9 Å². The number of hydrogen-bond acceptors (Lipinski definition) is 4. The van der Waals surface area contributed by atoms with Gasteiger partial charge < -0.3 is 14.6 Å². The van der Waals surface area contributed by atoms with Crippen molar-refractivity contribution < 1.29 is 24.2 Å². The van der Waals surface area contributed by atoms with E-state index >= 15 is 0 Å². The van der Waals surface area contributed by atoms with E-state index in [9.17, 15) is 9.59 Å². The molecule has 5 heteroatoms. The van der Waals surface area contributed by atoms with Crippen LogP contribution in [0.4, 0.5) is 0 Å². The van der Waals surface area contributed by atoms with Crippen molar-refractivity contribution in [3.05, 3.63) is 0 Å². The lowest BCUT2D eigenvalue weighted by molar-refractivity contribution is -0.175. The van der Waals surface area contributed by atoms with E-state index in [2.05, 4.69) is 4.74 Å². The van der Waals surface area contributed by atoms with Crippen LogP contribution in [0.1, 0.15) is 20.8 Å². The molecule has 0 spiro atoms. The number of ether oxygens (including phenoxy) is 2. The van der Waals surface area contributed by atoms with E-state index in [4.69, 9.17) is 9.84 Å². The van der Waals surface area contributed by atoms with Crippen LogP contribution in [0.15, 0.2) is 0 Å². The highest BCUT2D eigenvalue weighted by Gasteiger charge is 2.30. The van der Waals surface area contributed by atoms with Gasteiger partial charge in [0.1, 0.15) is 5.60 Å². The Bertz CT molecular complexity index is 203. The Labute approximate surface area is 76.6 Å². The molecule has 1 atom stereocenters. The zero-order valence-corrected chi connectivity index (χ0v) is 8.16. The molecule has 0 aromatic heterocycles. The average molecular weight is 190 g/mol. The molecule has 0 aromatic rings. The standard InChI is InChI=1S/C8H14O5/c1-8(2,3)13-7(11)5(12-4)6(9)10/h5H,1-4H3,(H,9,10)/t5-/m1/s1. The highest BCUT2D eigenvalue weighted by atomic mass is 16.6. The summed E-state index contributed by atoms with van der Waals surface area (Å²) in [5, 5.41) is 8.51. The molecule has 13 heavy (non-hydrogen) atoms. The van der Waals surface area contributed by atoms with E-state index in [1.54, 1.807) is 20.8 Å². The molecule has 0 saturated carbocycles. The zero-order chi connectivity index (χ0) is 10.6. The monoisotopic (exact) mass is 190 g/mol. The Morgan fingerprint density at radius 3 is 2.00 bits per heavy atom. The maximum atomic E-state index is 11.1. The van der Waals surface area contributed by atoms with Gasteiger partial charge in [-0.3, -0.25) is 0 Å². The van der Waals surface area contributed by atoms with Crippen molar-refractivity contribution in [3.63, 3.8) is 0 Å². The molecule has 0 amide bonds. The van der Waals surface area contributed by atoms with Crippen molar-refractivity contribution in [3.8, 4) is 0 Å². The molecular weight excluding hydrogens is 176 g/mol. The molecule has 0 radical (unpaired) electrons.